The summed E-state index contributed by atoms with van der Waals surface area (Å²) in [4.78, 5) is 14.4. The summed E-state index contributed by atoms with van der Waals surface area (Å²) < 4.78 is 23.0. The van der Waals surface area contributed by atoms with E-state index in [2.05, 4.69) is 45.9 Å². The molecule has 8 heteroatoms. The fourth-order valence-corrected chi connectivity index (χ4v) is 5.07. The van der Waals surface area contributed by atoms with Gasteiger partial charge in [-0.3, -0.25) is 4.79 Å². The maximum absolute atomic E-state index is 12.0. The van der Waals surface area contributed by atoms with E-state index in [0.717, 1.165) is 55.3 Å². The van der Waals surface area contributed by atoms with Crippen molar-refractivity contribution < 1.29 is 23.7 Å². The molecule has 196 valence electrons. The van der Waals surface area contributed by atoms with Crippen LogP contribution in [-0.4, -0.2) is 72.2 Å². The number of methoxy groups -OCH3 is 2. The number of piperidine rings is 1. The topological polar surface area (TPSA) is 81.3 Å². The van der Waals surface area contributed by atoms with Gasteiger partial charge >= 0.3 is 0 Å². The van der Waals surface area contributed by atoms with Crippen LogP contribution in [-0.2, 0) is 20.9 Å². The summed E-state index contributed by atoms with van der Waals surface area (Å²) in [6, 6.07) is 14.6. The number of nitrogens with zero attached hydrogens (tertiary/aromatic N) is 1. The van der Waals surface area contributed by atoms with Crippen LogP contribution in [0.5, 0.6) is 11.5 Å². The number of fused-ring (bicyclic) bond motifs is 1. The number of amides is 1. The second-order valence-corrected chi connectivity index (χ2v) is 9.43. The average Bonchev–Trinajstić information content (AvgIpc) is 2.92. The first kappa shape index (κ1) is 26.3. The zero-order chi connectivity index (χ0) is 25.3. The van der Waals surface area contributed by atoms with E-state index in [1.807, 2.05) is 12.1 Å². The number of hydrogen-bond acceptors (Lipinski definition) is 7. The van der Waals surface area contributed by atoms with E-state index >= 15 is 0 Å². The highest BCUT2D eigenvalue weighted by molar-refractivity contribution is 5.76. The Morgan fingerprint density at radius 1 is 1.19 bits per heavy atom. The highest BCUT2D eigenvalue weighted by Gasteiger charge is 2.33. The van der Waals surface area contributed by atoms with E-state index in [9.17, 15) is 4.79 Å². The van der Waals surface area contributed by atoms with Crippen LogP contribution in [0.25, 0.3) is 0 Å². The largest absolute Gasteiger partial charge is 0.497 e. The minimum absolute atomic E-state index is 0.00980. The monoisotopic (exact) mass is 497 g/mol. The average molecular weight is 498 g/mol. The summed E-state index contributed by atoms with van der Waals surface area (Å²) in [5.74, 6) is 1.98. The van der Waals surface area contributed by atoms with Crippen LogP contribution in [0.2, 0.25) is 0 Å². The van der Waals surface area contributed by atoms with Gasteiger partial charge in [-0.1, -0.05) is 18.2 Å². The van der Waals surface area contributed by atoms with Crippen molar-refractivity contribution in [3.8, 4) is 11.5 Å². The molecular weight excluding hydrogens is 458 g/mol. The summed E-state index contributed by atoms with van der Waals surface area (Å²) in [6.07, 6.45) is 2.25. The lowest BCUT2D eigenvalue weighted by Gasteiger charge is -2.37. The molecule has 0 radical (unpaired) electrons. The van der Waals surface area contributed by atoms with Gasteiger partial charge in [-0.2, -0.15) is 0 Å². The molecule has 0 unspecified atom stereocenters. The number of nitrogens with one attached hydrogen (secondary N) is 2. The Balaban J connectivity index is 1.45. The molecule has 2 aromatic carbocycles. The van der Waals surface area contributed by atoms with Gasteiger partial charge in [-0.15, -0.1) is 0 Å². The van der Waals surface area contributed by atoms with E-state index in [4.69, 9.17) is 18.9 Å². The lowest BCUT2D eigenvalue weighted by molar-refractivity contribution is -0.121. The zero-order valence-corrected chi connectivity index (χ0v) is 21.6. The van der Waals surface area contributed by atoms with Crippen molar-refractivity contribution in [2.45, 2.75) is 43.9 Å². The van der Waals surface area contributed by atoms with Crippen LogP contribution in [0.15, 0.2) is 42.5 Å². The lowest BCUT2D eigenvalue weighted by Crippen LogP contribution is -2.48. The number of carbonyl (C=O) groups is 1. The van der Waals surface area contributed by atoms with Crippen molar-refractivity contribution in [1.82, 2.24) is 10.6 Å². The number of ether oxygens (including phenoxy) is 4. The normalized spacial score (nSPS) is 21.4. The van der Waals surface area contributed by atoms with Crippen molar-refractivity contribution in [3.05, 3.63) is 53.6 Å². The molecule has 2 aliphatic rings. The highest BCUT2D eigenvalue weighted by atomic mass is 16.5. The molecule has 2 aliphatic heterocycles. The molecule has 1 saturated heterocycles. The number of anilines is 1. The van der Waals surface area contributed by atoms with Crippen LogP contribution in [0.4, 0.5) is 5.69 Å². The Morgan fingerprint density at radius 2 is 2.03 bits per heavy atom. The van der Waals surface area contributed by atoms with Gasteiger partial charge in [0.05, 0.1) is 32.1 Å². The van der Waals surface area contributed by atoms with E-state index in [1.165, 1.54) is 5.56 Å². The molecule has 0 bridgehead atoms. The van der Waals surface area contributed by atoms with E-state index < -0.39 is 0 Å². The Hall–Kier alpha value is -2.81. The third-order valence-corrected chi connectivity index (χ3v) is 7.07. The van der Waals surface area contributed by atoms with Crippen LogP contribution in [0, 0.1) is 0 Å². The summed E-state index contributed by atoms with van der Waals surface area (Å²) >= 11 is 0. The third kappa shape index (κ3) is 6.69. The third-order valence-electron chi connectivity index (χ3n) is 7.07. The Labute approximate surface area is 214 Å². The SMILES string of the molecule is CNC(=O)C[C@@H]1C[C@H](c2ccc(OC)cc2)[C@@H](OCc2ccc3c(c2)N(CCCOC)CCO3)CN1. The van der Waals surface area contributed by atoms with E-state index in [0.29, 0.717) is 26.2 Å². The van der Waals surface area contributed by atoms with Crippen LogP contribution in [0.3, 0.4) is 0 Å². The Kier molecular flexibility index (Phi) is 9.44. The molecular formula is C28H39N3O5. The van der Waals surface area contributed by atoms with Gasteiger partial charge in [0.25, 0.3) is 0 Å². The van der Waals surface area contributed by atoms with E-state index in [1.54, 1.807) is 21.3 Å². The number of hydrogen-bond donors (Lipinski definition) is 2. The molecule has 3 atom stereocenters. The van der Waals surface area contributed by atoms with Gasteiger partial charge in [-0.25, -0.2) is 0 Å². The molecule has 4 rings (SSSR count). The second kappa shape index (κ2) is 12.9. The van der Waals surface area contributed by atoms with Crippen molar-refractivity contribution in [2.24, 2.45) is 0 Å². The zero-order valence-electron chi connectivity index (χ0n) is 21.6. The van der Waals surface area contributed by atoms with E-state index in [-0.39, 0.29) is 24.0 Å². The van der Waals surface area contributed by atoms with Crippen LogP contribution in [0.1, 0.15) is 36.3 Å². The van der Waals surface area contributed by atoms with Crippen molar-refractivity contribution in [1.29, 1.82) is 0 Å². The summed E-state index contributed by atoms with van der Waals surface area (Å²) in [6.45, 7) is 4.46. The molecule has 2 N–H and O–H groups in total. The quantitative estimate of drug-likeness (QED) is 0.462. The van der Waals surface area contributed by atoms with Gasteiger partial charge < -0.3 is 34.5 Å². The summed E-state index contributed by atoms with van der Waals surface area (Å²) in [5, 5.41) is 6.26. The number of carbonyl (C=O) groups excluding carboxylic acids is 1. The number of benzene rings is 2. The molecule has 36 heavy (non-hydrogen) atoms. The molecule has 0 aromatic heterocycles. The maximum atomic E-state index is 12.0. The standard InChI is InChI=1S/C28H39N3O5/c1-29-28(32)17-22-16-24(21-6-8-23(34-3)9-7-21)27(18-30-22)36-19-20-5-10-26-25(15-20)31(12-14-35-26)11-4-13-33-2/h5-10,15,22,24,27,30H,4,11-14,16-19H2,1-3H3,(H,29,32)/t22-,24+,27-/m0/s1. The first-order valence-corrected chi connectivity index (χ1v) is 12.8. The fourth-order valence-electron chi connectivity index (χ4n) is 5.07. The Morgan fingerprint density at radius 3 is 2.78 bits per heavy atom. The van der Waals surface area contributed by atoms with Crippen molar-refractivity contribution in [2.75, 3.05) is 59.0 Å². The lowest BCUT2D eigenvalue weighted by atomic mass is 9.83. The van der Waals surface area contributed by atoms with Gasteiger partial charge in [0.1, 0.15) is 18.1 Å². The molecule has 0 spiro atoms. The van der Waals surface area contributed by atoms with Gasteiger partial charge in [0, 0.05) is 52.2 Å². The molecule has 0 aliphatic carbocycles. The van der Waals surface area contributed by atoms with Gasteiger partial charge in [-0.05, 0) is 48.2 Å². The van der Waals surface area contributed by atoms with Crippen molar-refractivity contribution >= 4 is 11.6 Å². The van der Waals surface area contributed by atoms with Crippen LogP contribution < -0.4 is 25.0 Å². The predicted octanol–water partition coefficient (Wildman–Crippen LogP) is 3.10. The molecule has 0 saturated carbocycles. The molecule has 1 amide bonds. The predicted molar refractivity (Wildman–Crippen MR) is 140 cm³/mol. The molecule has 1 fully saturated rings. The first-order valence-electron chi connectivity index (χ1n) is 12.8. The number of rotatable bonds is 11. The van der Waals surface area contributed by atoms with Gasteiger partial charge in [0.15, 0.2) is 0 Å². The molecule has 8 nitrogen and oxygen atoms in total. The fraction of sp³-hybridized carbons (Fsp3) is 0.536. The summed E-state index contributed by atoms with van der Waals surface area (Å²) in [5.41, 5.74) is 3.45. The first-order chi connectivity index (χ1) is 17.6. The molecule has 2 aromatic rings. The van der Waals surface area contributed by atoms with Gasteiger partial charge in [0.2, 0.25) is 5.91 Å². The highest BCUT2D eigenvalue weighted by Crippen LogP contribution is 2.35. The molecule has 2 heterocycles. The maximum Gasteiger partial charge on any atom is 0.221 e. The smallest absolute Gasteiger partial charge is 0.221 e. The Bertz CT molecular complexity index is 984. The van der Waals surface area contributed by atoms with Crippen LogP contribution >= 0.6 is 0 Å². The minimum atomic E-state index is -0.00980. The minimum Gasteiger partial charge on any atom is -0.497 e. The summed E-state index contributed by atoms with van der Waals surface area (Å²) in [7, 11) is 5.09. The second-order valence-electron chi connectivity index (χ2n) is 9.43. The van der Waals surface area contributed by atoms with Crippen molar-refractivity contribution in [3.63, 3.8) is 0 Å².